The molecule has 68 valence electrons. The summed E-state index contributed by atoms with van der Waals surface area (Å²) < 4.78 is 43.3. The minimum Gasteiger partial charge on any atom is -0.339 e. The Bertz CT molecular complexity index is 748. The van der Waals surface area contributed by atoms with Gasteiger partial charge in [-0.05, 0) is 0 Å². The van der Waals surface area contributed by atoms with Crippen LogP contribution in [0.25, 0.3) is 11.2 Å². The number of rotatable bonds is 0. The predicted molar refractivity (Wildman–Crippen MR) is 46.6 cm³/mol. The Labute approximate surface area is 80.9 Å². The van der Waals surface area contributed by atoms with Crippen LogP contribution in [-0.2, 0) is 14.0 Å². The second kappa shape index (κ2) is 2.32. The van der Waals surface area contributed by atoms with Crippen LogP contribution in [0.4, 0.5) is 0 Å². The number of aryl methyl sites for hydroxylation is 1. The molecule has 0 unspecified atom stereocenters. The van der Waals surface area contributed by atoms with Gasteiger partial charge in [0.1, 0.15) is 5.52 Å². The minimum absolute atomic E-state index is 0.0834. The van der Waals surface area contributed by atoms with Crippen molar-refractivity contribution < 1.29 is 8.22 Å². The third-order valence-corrected chi connectivity index (χ3v) is 1.63. The minimum atomic E-state index is -3.08. The van der Waals surface area contributed by atoms with E-state index in [1.165, 1.54) is 0 Å². The Balaban J connectivity index is 3.10. The van der Waals surface area contributed by atoms with Gasteiger partial charge in [-0.25, -0.2) is 9.78 Å². The van der Waals surface area contributed by atoms with E-state index in [4.69, 9.17) is 8.22 Å². The van der Waals surface area contributed by atoms with Gasteiger partial charge < -0.3 is 4.98 Å². The first-order valence-electron chi connectivity index (χ1n) is 6.27. The smallest absolute Gasteiger partial charge is 0.332 e. The zero-order chi connectivity index (χ0) is 14.6. The molecular weight excluding hydrogens is 174 g/mol. The molecule has 0 amide bonds. The van der Waals surface area contributed by atoms with E-state index in [0.717, 1.165) is 6.33 Å². The first-order chi connectivity index (χ1) is 8.55. The lowest BCUT2D eigenvalue weighted by molar-refractivity contribution is 0.709. The number of aromatic amines is 1. The van der Waals surface area contributed by atoms with Gasteiger partial charge in [-0.2, -0.15) is 0 Å². The normalized spacial score (nSPS) is 19.7. The largest absolute Gasteiger partial charge is 0.339 e. The van der Waals surface area contributed by atoms with E-state index in [9.17, 15) is 9.59 Å². The third-order valence-electron chi connectivity index (χ3n) is 1.63. The van der Waals surface area contributed by atoms with Gasteiger partial charge >= 0.3 is 5.69 Å². The van der Waals surface area contributed by atoms with Crippen molar-refractivity contribution in [2.75, 3.05) is 0 Å². The molecule has 6 nitrogen and oxygen atoms in total. The molecule has 2 aromatic rings. The molecule has 0 aliphatic carbocycles. The second-order valence-corrected chi connectivity index (χ2v) is 2.36. The van der Waals surface area contributed by atoms with Gasteiger partial charge in [0.05, 0.1) is 6.33 Å². The van der Waals surface area contributed by atoms with Gasteiger partial charge in [-0.3, -0.25) is 13.9 Å². The van der Waals surface area contributed by atoms with Crippen molar-refractivity contribution in [1.82, 2.24) is 19.1 Å². The van der Waals surface area contributed by atoms with Gasteiger partial charge in [-0.1, -0.05) is 0 Å². The summed E-state index contributed by atoms with van der Waals surface area (Å²) >= 11 is 0. The van der Waals surface area contributed by atoms with E-state index in [-0.39, 0.29) is 14.7 Å². The third kappa shape index (κ3) is 0.851. The molecule has 0 aliphatic heterocycles. The van der Waals surface area contributed by atoms with Gasteiger partial charge in [-0.15, -0.1) is 0 Å². The van der Waals surface area contributed by atoms with Crippen molar-refractivity contribution in [3.05, 3.63) is 27.2 Å². The lowest BCUT2D eigenvalue weighted by atomic mass is 10.5. The standard InChI is InChI=1S/C7H8N4O2/c1-10-5-4(8-3-9-5)6(12)11(2)7(10)13/h3H,1-2H3,(H,8,9)/i1+1D3,2+1D3. The fourth-order valence-electron chi connectivity index (χ4n) is 1.00. The molecule has 0 aromatic carbocycles. The summed E-state index contributed by atoms with van der Waals surface area (Å²) in [6, 6.07) is 0. The highest BCUT2D eigenvalue weighted by Crippen LogP contribution is 1.97. The van der Waals surface area contributed by atoms with Crippen LogP contribution in [0.2, 0.25) is 0 Å². The molecule has 0 bridgehead atoms. The summed E-state index contributed by atoms with van der Waals surface area (Å²) in [7, 11) is 0. The zero-order valence-corrected chi connectivity index (χ0v) is 6.24. The number of hydrogen-bond acceptors (Lipinski definition) is 3. The maximum atomic E-state index is 11.9. The van der Waals surface area contributed by atoms with Gasteiger partial charge in [0.25, 0.3) is 5.56 Å². The van der Waals surface area contributed by atoms with Gasteiger partial charge in [0, 0.05) is 22.2 Å². The van der Waals surface area contributed by atoms with Gasteiger partial charge in [0.15, 0.2) is 5.65 Å². The quantitative estimate of drug-likeness (QED) is 0.537. The lowest BCUT2D eigenvalue weighted by Crippen LogP contribution is -2.36. The van der Waals surface area contributed by atoms with Crippen molar-refractivity contribution in [3.63, 3.8) is 0 Å². The topological polar surface area (TPSA) is 72.7 Å². The molecule has 0 aliphatic rings. The van der Waals surface area contributed by atoms with E-state index in [2.05, 4.69) is 9.97 Å². The van der Waals surface area contributed by atoms with E-state index in [1.54, 1.807) is 0 Å². The maximum absolute atomic E-state index is 11.9. The summed E-state index contributed by atoms with van der Waals surface area (Å²) in [6.45, 7) is -6.04. The molecular formula is C7H8N4O2. The summed E-state index contributed by atoms with van der Waals surface area (Å²) in [6.07, 6.45) is 1.01. The number of hydrogen-bond donors (Lipinski definition) is 1. The predicted octanol–water partition coefficient (Wildman–Crippen LogP) is -1.04. The highest BCUT2D eigenvalue weighted by Gasteiger charge is 2.08. The zero-order valence-electron chi connectivity index (χ0n) is 12.2. The maximum Gasteiger partial charge on any atom is 0.332 e. The molecule has 0 saturated carbocycles. The van der Waals surface area contributed by atoms with E-state index < -0.39 is 30.8 Å². The SMILES string of the molecule is [2H][13C]([2H])([2H])n1c(=O)c2[nH]cnc2n([13C]([2H])([2H])[2H])c1=O. The number of nitrogens with zero attached hydrogens (tertiary/aromatic N) is 3. The Kier molecular flexibility index (Phi) is 0.622. The number of aromatic nitrogens is 4. The molecule has 0 fully saturated rings. The average Bonchev–Trinajstić information content (AvgIpc) is 2.61. The summed E-state index contributed by atoms with van der Waals surface area (Å²) in [5, 5.41) is 0. The van der Waals surface area contributed by atoms with E-state index >= 15 is 0 Å². The average molecular weight is 188 g/mol. The monoisotopic (exact) mass is 188 g/mol. The number of H-pyrrole nitrogens is 1. The van der Waals surface area contributed by atoms with Crippen LogP contribution in [0.15, 0.2) is 15.9 Å². The Morgan fingerprint density at radius 1 is 1.46 bits per heavy atom. The summed E-state index contributed by atoms with van der Waals surface area (Å²) in [5.41, 5.74) is -3.36. The van der Waals surface area contributed by atoms with Crippen LogP contribution in [0, 0.1) is 0 Å². The molecule has 2 aromatic heterocycles. The van der Waals surface area contributed by atoms with Crippen molar-refractivity contribution in [2.45, 2.75) is 0 Å². The molecule has 0 spiro atoms. The van der Waals surface area contributed by atoms with Crippen molar-refractivity contribution in [2.24, 2.45) is 14.0 Å². The molecule has 0 atom stereocenters. The van der Waals surface area contributed by atoms with Gasteiger partial charge in [0.2, 0.25) is 0 Å². The first kappa shape index (κ1) is 3.49. The Morgan fingerprint density at radius 2 is 2.23 bits per heavy atom. The molecule has 2 rings (SSSR count). The molecule has 2 heterocycles. The van der Waals surface area contributed by atoms with Crippen LogP contribution >= 0.6 is 0 Å². The number of fused-ring (bicyclic) bond motifs is 1. The first-order valence-corrected chi connectivity index (χ1v) is 3.27. The molecule has 13 heavy (non-hydrogen) atoms. The molecule has 0 saturated heterocycles. The fraction of sp³-hybridized carbons (Fsp3) is 0.286. The van der Waals surface area contributed by atoms with Crippen LogP contribution in [0.5, 0.6) is 0 Å². The Morgan fingerprint density at radius 3 is 2.92 bits per heavy atom. The van der Waals surface area contributed by atoms with E-state index in [1.807, 2.05) is 0 Å². The van der Waals surface area contributed by atoms with Crippen LogP contribution < -0.4 is 11.2 Å². The van der Waals surface area contributed by atoms with Crippen molar-refractivity contribution in [1.29, 1.82) is 0 Å². The number of imidazole rings is 1. The van der Waals surface area contributed by atoms with Crippen molar-refractivity contribution in [3.8, 4) is 0 Å². The Hall–Kier alpha value is -1.85. The summed E-state index contributed by atoms with van der Waals surface area (Å²) in [5.74, 6) is 0. The molecule has 1 N–H and O–H groups in total. The number of nitrogens with one attached hydrogen (secondary N) is 1. The van der Waals surface area contributed by atoms with Crippen LogP contribution in [0.3, 0.4) is 0 Å². The second-order valence-electron chi connectivity index (χ2n) is 2.36. The van der Waals surface area contributed by atoms with Crippen LogP contribution in [-0.4, -0.2) is 19.1 Å². The van der Waals surface area contributed by atoms with E-state index in [0.29, 0.717) is 0 Å². The molecule has 0 radical (unpaired) electrons. The van der Waals surface area contributed by atoms with Crippen LogP contribution in [0.1, 0.15) is 8.22 Å². The lowest BCUT2D eigenvalue weighted by Gasteiger charge is -2.00. The fourth-order valence-corrected chi connectivity index (χ4v) is 1.00. The summed E-state index contributed by atoms with van der Waals surface area (Å²) in [4.78, 5) is 29.7. The molecule has 6 heteroatoms. The highest BCUT2D eigenvalue weighted by molar-refractivity contribution is 5.68. The van der Waals surface area contributed by atoms with Crippen molar-refractivity contribution >= 4 is 11.2 Å². The highest BCUT2D eigenvalue weighted by atomic mass is 16.2.